The summed E-state index contributed by atoms with van der Waals surface area (Å²) >= 11 is 0. The topological polar surface area (TPSA) is 60.0 Å². The fourth-order valence-corrected chi connectivity index (χ4v) is 3.61. The smallest absolute Gasteiger partial charge is 0.253 e. The van der Waals surface area contributed by atoms with Crippen LogP contribution in [0.15, 0.2) is 53.5 Å². The lowest BCUT2D eigenvalue weighted by Gasteiger charge is -2.28. The Balaban J connectivity index is 0.00000320. The van der Waals surface area contributed by atoms with Gasteiger partial charge >= 0.3 is 0 Å². The van der Waals surface area contributed by atoms with Crippen LogP contribution in [0, 0.1) is 0 Å². The molecule has 0 radical (unpaired) electrons. The summed E-state index contributed by atoms with van der Waals surface area (Å²) in [6, 6.07) is 16.7. The highest BCUT2D eigenvalue weighted by molar-refractivity contribution is 14.0. The predicted octanol–water partition coefficient (Wildman–Crippen LogP) is 3.12. The number of halogens is 1. The number of carbonyl (C=O) groups is 1. The Labute approximate surface area is 196 Å². The third kappa shape index (κ3) is 5.87. The minimum atomic E-state index is 0. The van der Waals surface area contributed by atoms with Crippen molar-refractivity contribution in [1.29, 1.82) is 0 Å². The van der Waals surface area contributed by atoms with E-state index in [1.807, 2.05) is 24.3 Å². The highest BCUT2D eigenvalue weighted by Crippen LogP contribution is 2.28. The van der Waals surface area contributed by atoms with Gasteiger partial charge in [-0.2, -0.15) is 0 Å². The highest BCUT2D eigenvalue weighted by Gasteiger charge is 2.22. The van der Waals surface area contributed by atoms with Crippen molar-refractivity contribution in [2.24, 2.45) is 4.99 Å². The van der Waals surface area contributed by atoms with E-state index in [4.69, 9.17) is 0 Å². The summed E-state index contributed by atoms with van der Waals surface area (Å²) in [5.41, 5.74) is 4.57. The molecular weight excluding hydrogens is 489 g/mol. The lowest BCUT2D eigenvalue weighted by molar-refractivity contribution is 0.0827. The van der Waals surface area contributed by atoms with Gasteiger partial charge in [-0.25, -0.2) is 0 Å². The molecule has 0 bridgehead atoms. The number of rotatable bonds is 6. The number of fused-ring (bicyclic) bond motifs is 1. The zero-order chi connectivity index (χ0) is 20.8. The van der Waals surface area contributed by atoms with Gasteiger partial charge in [-0.3, -0.25) is 9.79 Å². The minimum absolute atomic E-state index is 0. The van der Waals surface area contributed by atoms with Gasteiger partial charge in [0.25, 0.3) is 5.91 Å². The molecule has 0 aromatic heterocycles. The van der Waals surface area contributed by atoms with Crippen LogP contribution in [0.4, 0.5) is 5.69 Å². The second kappa shape index (κ2) is 11.2. The minimum Gasteiger partial charge on any atom is -0.366 e. The standard InChI is InChI=1S/C23H31N5O.HI/c1-17(28-14-13-19-7-5-6-8-21(19)28)15-25-23(24-2)26-16-18-9-11-20(12-10-18)22(29)27(3)4;/h5-12,17H,13-16H2,1-4H3,(H2,24,25,26);1H. The summed E-state index contributed by atoms with van der Waals surface area (Å²) in [6.45, 7) is 4.76. The van der Waals surface area contributed by atoms with Gasteiger partial charge in [0, 0.05) is 58.1 Å². The zero-order valence-electron chi connectivity index (χ0n) is 18.2. The van der Waals surface area contributed by atoms with Gasteiger partial charge in [-0.1, -0.05) is 30.3 Å². The van der Waals surface area contributed by atoms with Crippen LogP contribution in [0.1, 0.15) is 28.4 Å². The average molecular weight is 521 g/mol. The normalized spacial score (nSPS) is 13.9. The maximum Gasteiger partial charge on any atom is 0.253 e. The molecule has 1 unspecified atom stereocenters. The van der Waals surface area contributed by atoms with Crippen LogP contribution >= 0.6 is 24.0 Å². The zero-order valence-corrected chi connectivity index (χ0v) is 20.5. The first-order chi connectivity index (χ1) is 14.0. The summed E-state index contributed by atoms with van der Waals surface area (Å²) in [7, 11) is 5.30. The van der Waals surface area contributed by atoms with Crippen molar-refractivity contribution >= 4 is 41.5 Å². The lowest BCUT2D eigenvalue weighted by atomic mass is 10.1. The van der Waals surface area contributed by atoms with Crippen LogP contribution in [-0.2, 0) is 13.0 Å². The molecule has 1 aliphatic rings. The number of amides is 1. The van der Waals surface area contributed by atoms with Crippen molar-refractivity contribution in [3.63, 3.8) is 0 Å². The fourth-order valence-electron chi connectivity index (χ4n) is 3.61. The van der Waals surface area contributed by atoms with Crippen molar-refractivity contribution in [2.45, 2.75) is 25.9 Å². The molecule has 3 rings (SSSR count). The third-order valence-electron chi connectivity index (χ3n) is 5.31. The van der Waals surface area contributed by atoms with E-state index in [0.29, 0.717) is 18.2 Å². The highest BCUT2D eigenvalue weighted by atomic mass is 127. The van der Waals surface area contributed by atoms with Crippen LogP contribution in [-0.4, -0.2) is 57.0 Å². The maximum absolute atomic E-state index is 12.0. The average Bonchev–Trinajstić information content (AvgIpc) is 3.17. The molecule has 0 fully saturated rings. The molecule has 1 amide bonds. The molecule has 1 atom stereocenters. The molecule has 2 N–H and O–H groups in total. The van der Waals surface area contributed by atoms with Crippen LogP contribution < -0.4 is 15.5 Å². The van der Waals surface area contributed by atoms with E-state index in [1.165, 1.54) is 11.3 Å². The second-order valence-electron chi connectivity index (χ2n) is 7.62. The Morgan fingerprint density at radius 1 is 1.13 bits per heavy atom. The number of para-hydroxylation sites is 1. The molecule has 0 aliphatic carbocycles. The lowest BCUT2D eigenvalue weighted by Crippen LogP contribution is -2.45. The number of nitrogens with one attached hydrogen (secondary N) is 2. The molecular formula is C23H32IN5O. The van der Waals surface area contributed by atoms with Crippen LogP contribution in [0.5, 0.6) is 0 Å². The molecule has 0 spiro atoms. The summed E-state index contributed by atoms with van der Waals surface area (Å²) in [6.07, 6.45) is 1.11. The van der Waals surface area contributed by atoms with Gasteiger partial charge in [0.15, 0.2) is 5.96 Å². The first kappa shape index (κ1) is 24.0. The van der Waals surface area contributed by atoms with Crippen LogP contribution in [0.25, 0.3) is 0 Å². The van der Waals surface area contributed by atoms with Gasteiger partial charge < -0.3 is 20.4 Å². The molecule has 2 aromatic carbocycles. The number of aliphatic imine (C=N–C) groups is 1. The summed E-state index contributed by atoms with van der Waals surface area (Å²) in [4.78, 5) is 20.3. The SMILES string of the molecule is CN=C(NCc1ccc(C(=O)N(C)C)cc1)NCC(C)N1CCc2ccccc21.I. The van der Waals surface area contributed by atoms with Gasteiger partial charge in [0.2, 0.25) is 0 Å². The summed E-state index contributed by atoms with van der Waals surface area (Å²) in [5.74, 6) is 0.789. The molecule has 7 heteroatoms. The Hall–Kier alpha value is -2.29. The van der Waals surface area contributed by atoms with Crippen molar-refractivity contribution in [3.8, 4) is 0 Å². The molecule has 1 heterocycles. The maximum atomic E-state index is 12.0. The Bertz CT molecular complexity index is 866. The van der Waals surface area contributed by atoms with E-state index in [0.717, 1.165) is 31.0 Å². The molecule has 2 aromatic rings. The van der Waals surface area contributed by atoms with Gasteiger partial charge in [-0.15, -0.1) is 24.0 Å². The van der Waals surface area contributed by atoms with Crippen molar-refractivity contribution < 1.29 is 4.79 Å². The summed E-state index contributed by atoms with van der Waals surface area (Å²) < 4.78 is 0. The Kier molecular flexibility index (Phi) is 8.95. The van der Waals surface area contributed by atoms with E-state index in [2.05, 4.69) is 51.7 Å². The predicted molar refractivity (Wildman–Crippen MR) is 135 cm³/mol. The monoisotopic (exact) mass is 521 g/mol. The first-order valence-electron chi connectivity index (χ1n) is 10.1. The quantitative estimate of drug-likeness (QED) is 0.349. The largest absolute Gasteiger partial charge is 0.366 e. The van der Waals surface area contributed by atoms with E-state index >= 15 is 0 Å². The Morgan fingerprint density at radius 3 is 2.50 bits per heavy atom. The molecule has 6 nitrogen and oxygen atoms in total. The molecule has 1 aliphatic heterocycles. The number of nitrogens with zero attached hydrogens (tertiary/aromatic N) is 3. The van der Waals surface area contributed by atoms with E-state index in [-0.39, 0.29) is 29.9 Å². The number of guanidine groups is 1. The molecule has 0 saturated carbocycles. The third-order valence-corrected chi connectivity index (χ3v) is 5.31. The second-order valence-corrected chi connectivity index (χ2v) is 7.62. The number of anilines is 1. The molecule has 0 saturated heterocycles. The van der Waals surface area contributed by atoms with Gasteiger partial charge in [0.05, 0.1) is 0 Å². The Morgan fingerprint density at radius 2 is 1.83 bits per heavy atom. The first-order valence-corrected chi connectivity index (χ1v) is 10.1. The van der Waals surface area contributed by atoms with Gasteiger partial charge in [-0.05, 0) is 42.7 Å². The van der Waals surface area contributed by atoms with E-state index < -0.39 is 0 Å². The number of hydrogen-bond acceptors (Lipinski definition) is 3. The van der Waals surface area contributed by atoms with Crippen LogP contribution in [0.3, 0.4) is 0 Å². The number of benzene rings is 2. The van der Waals surface area contributed by atoms with Crippen molar-refractivity contribution in [3.05, 3.63) is 65.2 Å². The molecule has 162 valence electrons. The van der Waals surface area contributed by atoms with Crippen LogP contribution in [0.2, 0.25) is 0 Å². The van der Waals surface area contributed by atoms with E-state index in [9.17, 15) is 4.79 Å². The fraction of sp³-hybridized carbons (Fsp3) is 0.391. The van der Waals surface area contributed by atoms with Crippen molar-refractivity contribution in [2.75, 3.05) is 39.1 Å². The van der Waals surface area contributed by atoms with Crippen molar-refractivity contribution in [1.82, 2.24) is 15.5 Å². The van der Waals surface area contributed by atoms with Gasteiger partial charge in [0.1, 0.15) is 0 Å². The molecule has 30 heavy (non-hydrogen) atoms. The number of hydrogen-bond donors (Lipinski definition) is 2. The number of carbonyl (C=O) groups excluding carboxylic acids is 1. The summed E-state index contributed by atoms with van der Waals surface area (Å²) in [5, 5.41) is 6.78. The van der Waals surface area contributed by atoms with E-state index in [1.54, 1.807) is 26.0 Å².